The van der Waals surface area contributed by atoms with Crippen molar-refractivity contribution >= 4 is 17.3 Å². The van der Waals surface area contributed by atoms with Crippen LogP contribution in [0.4, 0.5) is 0 Å². The maximum Gasteiger partial charge on any atom is 0.310 e. The summed E-state index contributed by atoms with van der Waals surface area (Å²) in [4.78, 5) is 20.4. The Balaban J connectivity index is 2.22. The Morgan fingerprint density at radius 3 is 2.84 bits per heavy atom. The summed E-state index contributed by atoms with van der Waals surface area (Å²) in [6.45, 7) is 5.43. The molecule has 2 heterocycles. The molecule has 0 aliphatic rings. The number of rotatable bonds is 5. The summed E-state index contributed by atoms with van der Waals surface area (Å²) in [6, 6.07) is 0. The van der Waals surface area contributed by atoms with Gasteiger partial charge in [0.2, 0.25) is 11.7 Å². The predicted octanol–water partition coefficient (Wildman–Crippen LogP) is 2.48. The van der Waals surface area contributed by atoms with E-state index in [0.717, 1.165) is 4.88 Å². The molecule has 0 bridgehead atoms. The van der Waals surface area contributed by atoms with Gasteiger partial charge >= 0.3 is 5.97 Å². The van der Waals surface area contributed by atoms with Crippen LogP contribution in [0.1, 0.15) is 26.7 Å². The first kappa shape index (κ1) is 13.7. The van der Waals surface area contributed by atoms with Gasteiger partial charge < -0.3 is 9.63 Å². The molecule has 2 aromatic heterocycles. The highest BCUT2D eigenvalue weighted by molar-refractivity contribution is 7.13. The quantitative estimate of drug-likeness (QED) is 0.905. The second kappa shape index (κ2) is 5.08. The lowest BCUT2D eigenvalue weighted by Crippen LogP contribution is -2.35. The molecule has 0 aliphatic heterocycles. The van der Waals surface area contributed by atoms with E-state index < -0.39 is 11.4 Å². The van der Waals surface area contributed by atoms with Gasteiger partial charge in [-0.2, -0.15) is 4.98 Å². The van der Waals surface area contributed by atoms with E-state index in [-0.39, 0.29) is 12.3 Å². The highest BCUT2D eigenvalue weighted by atomic mass is 32.1. The molecule has 1 atom stereocenters. The molecular formula is C12H15N3O3S. The van der Waals surface area contributed by atoms with Crippen LogP contribution in [0.3, 0.4) is 0 Å². The van der Waals surface area contributed by atoms with Crippen molar-refractivity contribution in [3.8, 4) is 10.7 Å². The highest BCUT2D eigenvalue weighted by Gasteiger charge is 2.38. The van der Waals surface area contributed by atoms with Crippen LogP contribution in [0.5, 0.6) is 0 Å². The fourth-order valence-electron chi connectivity index (χ4n) is 1.59. The van der Waals surface area contributed by atoms with E-state index in [2.05, 4.69) is 15.1 Å². The number of carboxylic acid groups (broad SMARTS) is 1. The molecule has 2 rings (SSSR count). The zero-order valence-corrected chi connectivity index (χ0v) is 11.8. The topological polar surface area (TPSA) is 89.1 Å². The van der Waals surface area contributed by atoms with Crippen LogP contribution in [0.2, 0.25) is 0 Å². The molecule has 0 fully saturated rings. The molecule has 1 unspecified atom stereocenters. The summed E-state index contributed by atoms with van der Waals surface area (Å²) in [7, 11) is 0. The maximum absolute atomic E-state index is 11.4. The zero-order chi connectivity index (χ0) is 14.0. The molecule has 7 heteroatoms. The van der Waals surface area contributed by atoms with E-state index >= 15 is 0 Å². The molecule has 0 amide bonds. The van der Waals surface area contributed by atoms with Crippen LogP contribution in [-0.2, 0) is 11.2 Å². The average Bonchev–Trinajstić information content (AvgIpc) is 2.97. The molecule has 6 nitrogen and oxygen atoms in total. The standard InChI is InChI=1S/C12H15N3O3S/c1-7(2)12(3,11(16)17)4-9-14-10(15-18-9)8-5-13-6-19-8/h5-7H,4H2,1-3H3,(H,16,17). The van der Waals surface area contributed by atoms with Crippen LogP contribution in [0.25, 0.3) is 10.7 Å². The number of hydrogen-bond donors (Lipinski definition) is 1. The molecule has 0 spiro atoms. The third kappa shape index (κ3) is 2.65. The molecule has 0 aliphatic carbocycles. The Labute approximate surface area is 114 Å². The normalized spacial score (nSPS) is 14.5. The maximum atomic E-state index is 11.4. The van der Waals surface area contributed by atoms with Crippen LogP contribution in [0.15, 0.2) is 16.2 Å². The summed E-state index contributed by atoms with van der Waals surface area (Å²) in [5.41, 5.74) is 0.762. The van der Waals surface area contributed by atoms with Gasteiger partial charge in [0.05, 0.1) is 15.8 Å². The van der Waals surface area contributed by atoms with E-state index in [0.29, 0.717) is 11.7 Å². The van der Waals surface area contributed by atoms with Crippen LogP contribution >= 0.6 is 11.3 Å². The van der Waals surface area contributed by atoms with Crippen molar-refractivity contribution in [3.05, 3.63) is 17.6 Å². The second-order valence-corrected chi connectivity index (χ2v) is 5.82. The van der Waals surface area contributed by atoms with Gasteiger partial charge in [0.1, 0.15) is 0 Å². The summed E-state index contributed by atoms with van der Waals surface area (Å²) in [6.07, 6.45) is 1.87. The molecule has 0 saturated heterocycles. The lowest BCUT2D eigenvalue weighted by molar-refractivity contribution is -0.150. The number of carboxylic acids is 1. The minimum absolute atomic E-state index is 0.0382. The van der Waals surface area contributed by atoms with Crippen LogP contribution < -0.4 is 0 Å². The van der Waals surface area contributed by atoms with Gasteiger partial charge in [-0.3, -0.25) is 9.78 Å². The second-order valence-electron chi connectivity index (χ2n) is 4.93. The summed E-state index contributed by atoms with van der Waals surface area (Å²) in [5, 5.41) is 13.2. The number of nitrogens with zero attached hydrogens (tertiary/aromatic N) is 3. The number of aromatic nitrogens is 3. The Hall–Kier alpha value is -1.76. The first-order valence-corrected chi connectivity index (χ1v) is 6.76. The summed E-state index contributed by atoms with van der Waals surface area (Å²) >= 11 is 1.41. The van der Waals surface area contributed by atoms with Gasteiger partial charge in [-0.15, -0.1) is 11.3 Å². The van der Waals surface area contributed by atoms with Crippen molar-refractivity contribution in [1.82, 2.24) is 15.1 Å². The van der Waals surface area contributed by atoms with Crippen molar-refractivity contribution in [3.63, 3.8) is 0 Å². The molecule has 1 N–H and O–H groups in total. The molecule has 0 radical (unpaired) electrons. The first-order chi connectivity index (χ1) is 8.93. The molecule has 19 heavy (non-hydrogen) atoms. The Kier molecular flexibility index (Phi) is 3.66. The Morgan fingerprint density at radius 2 is 2.32 bits per heavy atom. The minimum Gasteiger partial charge on any atom is -0.481 e. The van der Waals surface area contributed by atoms with Crippen molar-refractivity contribution in [2.75, 3.05) is 0 Å². The number of carbonyl (C=O) groups is 1. The fraction of sp³-hybridized carbons (Fsp3) is 0.500. The van der Waals surface area contributed by atoms with Gasteiger partial charge in [0, 0.05) is 12.6 Å². The number of hydrogen-bond acceptors (Lipinski definition) is 6. The fourth-order valence-corrected chi connectivity index (χ4v) is 2.14. The number of aliphatic carboxylic acids is 1. The minimum atomic E-state index is -0.919. The first-order valence-electron chi connectivity index (χ1n) is 5.88. The Morgan fingerprint density at radius 1 is 1.58 bits per heavy atom. The van der Waals surface area contributed by atoms with Gasteiger partial charge in [-0.1, -0.05) is 19.0 Å². The molecule has 0 aromatic carbocycles. The van der Waals surface area contributed by atoms with Crippen LogP contribution in [0, 0.1) is 11.3 Å². The third-order valence-corrected chi connectivity index (χ3v) is 4.17. The van der Waals surface area contributed by atoms with E-state index in [1.54, 1.807) is 18.6 Å². The zero-order valence-electron chi connectivity index (χ0n) is 11.0. The van der Waals surface area contributed by atoms with E-state index in [1.165, 1.54) is 11.3 Å². The van der Waals surface area contributed by atoms with Crippen molar-refractivity contribution in [1.29, 1.82) is 0 Å². The van der Waals surface area contributed by atoms with Gasteiger partial charge in [0.25, 0.3) is 0 Å². The largest absolute Gasteiger partial charge is 0.481 e. The lowest BCUT2D eigenvalue weighted by atomic mass is 9.76. The van der Waals surface area contributed by atoms with E-state index in [1.807, 2.05) is 13.8 Å². The van der Waals surface area contributed by atoms with Gasteiger partial charge in [0.15, 0.2) is 0 Å². The lowest BCUT2D eigenvalue weighted by Gasteiger charge is -2.27. The molecule has 102 valence electrons. The van der Waals surface area contributed by atoms with E-state index in [4.69, 9.17) is 4.52 Å². The van der Waals surface area contributed by atoms with Gasteiger partial charge in [-0.05, 0) is 12.8 Å². The number of thiazole rings is 1. The molecule has 0 saturated carbocycles. The van der Waals surface area contributed by atoms with Gasteiger partial charge in [-0.25, -0.2) is 0 Å². The molecular weight excluding hydrogens is 266 g/mol. The summed E-state index contributed by atoms with van der Waals surface area (Å²) < 4.78 is 5.14. The SMILES string of the molecule is CC(C)C(C)(Cc1nc(-c2cncs2)no1)C(=O)O. The van der Waals surface area contributed by atoms with Crippen LogP contribution in [-0.4, -0.2) is 26.2 Å². The molecule has 2 aromatic rings. The smallest absolute Gasteiger partial charge is 0.310 e. The van der Waals surface area contributed by atoms with E-state index in [9.17, 15) is 9.90 Å². The Bertz CT molecular complexity index is 565. The van der Waals surface area contributed by atoms with Crippen molar-refractivity contribution in [2.45, 2.75) is 27.2 Å². The monoisotopic (exact) mass is 281 g/mol. The summed E-state index contributed by atoms with van der Waals surface area (Å²) in [5.74, 6) is -0.111. The van der Waals surface area contributed by atoms with Crippen molar-refractivity contribution in [2.24, 2.45) is 11.3 Å². The highest BCUT2D eigenvalue weighted by Crippen LogP contribution is 2.32. The third-order valence-electron chi connectivity index (χ3n) is 3.40. The average molecular weight is 281 g/mol. The van der Waals surface area contributed by atoms with Crippen molar-refractivity contribution < 1.29 is 14.4 Å². The predicted molar refractivity (Wildman–Crippen MR) is 69.7 cm³/mol.